The summed E-state index contributed by atoms with van der Waals surface area (Å²) in [5.74, 6) is -0.0569. The van der Waals surface area contributed by atoms with Crippen LogP contribution in [0.1, 0.15) is 19.3 Å². The van der Waals surface area contributed by atoms with E-state index in [1.807, 2.05) is 34.9 Å². The fourth-order valence-corrected chi connectivity index (χ4v) is 5.63. The highest BCUT2D eigenvalue weighted by atomic mass is 32.2. The fraction of sp³-hybridized carbons (Fsp3) is 0.286. The molecule has 1 fully saturated rings. The molecule has 0 radical (unpaired) electrons. The van der Waals surface area contributed by atoms with Crippen molar-refractivity contribution < 1.29 is 13.2 Å². The number of thioether (sulfide) groups is 1. The summed E-state index contributed by atoms with van der Waals surface area (Å²) >= 11 is 1.28. The van der Waals surface area contributed by atoms with Crippen LogP contribution in [0.2, 0.25) is 0 Å². The molecule has 0 saturated carbocycles. The van der Waals surface area contributed by atoms with Crippen molar-refractivity contribution in [1.29, 1.82) is 0 Å². The lowest BCUT2D eigenvalue weighted by atomic mass is 10.2. The van der Waals surface area contributed by atoms with Gasteiger partial charge in [-0.2, -0.15) is 4.31 Å². The SMILES string of the molecule is O=C(CSc1nncn1-c1ccccc1)Nc1ccc(S(=O)(=O)N2CCCCC2)cc1. The van der Waals surface area contributed by atoms with E-state index in [-0.39, 0.29) is 16.6 Å². The van der Waals surface area contributed by atoms with E-state index in [2.05, 4.69) is 15.5 Å². The summed E-state index contributed by atoms with van der Waals surface area (Å²) in [6.07, 6.45) is 4.46. The molecule has 1 amide bonds. The van der Waals surface area contributed by atoms with Crippen molar-refractivity contribution in [3.63, 3.8) is 0 Å². The van der Waals surface area contributed by atoms with Crippen molar-refractivity contribution in [3.05, 3.63) is 60.9 Å². The molecule has 0 spiro atoms. The number of benzene rings is 2. The molecule has 31 heavy (non-hydrogen) atoms. The Hall–Kier alpha value is -2.69. The van der Waals surface area contributed by atoms with Crippen molar-refractivity contribution in [2.24, 2.45) is 0 Å². The van der Waals surface area contributed by atoms with Gasteiger partial charge in [0.1, 0.15) is 6.33 Å². The molecule has 0 aliphatic carbocycles. The first kappa shape index (κ1) is 21.5. The third-order valence-corrected chi connectivity index (χ3v) is 7.83. The van der Waals surface area contributed by atoms with E-state index in [4.69, 9.17) is 0 Å². The summed E-state index contributed by atoms with van der Waals surface area (Å²) in [5.41, 5.74) is 1.47. The van der Waals surface area contributed by atoms with Crippen LogP contribution in [0.15, 0.2) is 71.0 Å². The maximum Gasteiger partial charge on any atom is 0.243 e. The maximum absolute atomic E-state index is 12.7. The van der Waals surface area contributed by atoms with Crippen LogP contribution >= 0.6 is 11.8 Å². The van der Waals surface area contributed by atoms with Crippen LogP contribution in [0.3, 0.4) is 0 Å². The molecule has 162 valence electrons. The van der Waals surface area contributed by atoms with E-state index >= 15 is 0 Å². The largest absolute Gasteiger partial charge is 0.325 e. The predicted octanol–water partition coefficient (Wildman–Crippen LogP) is 3.17. The number of rotatable bonds is 7. The number of hydrogen-bond donors (Lipinski definition) is 1. The highest BCUT2D eigenvalue weighted by molar-refractivity contribution is 7.99. The molecule has 8 nitrogen and oxygen atoms in total. The lowest BCUT2D eigenvalue weighted by Crippen LogP contribution is -2.35. The fourth-order valence-electron chi connectivity index (χ4n) is 3.38. The monoisotopic (exact) mass is 457 g/mol. The second kappa shape index (κ2) is 9.63. The number of aromatic nitrogens is 3. The molecule has 0 bridgehead atoms. The topological polar surface area (TPSA) is 97.2 Å². The molecule has 1 aromatic heterocycles. The predicted molar refractivity (Wildman–Crippen MR) is 120 cm³/mol. The molecular weight excluding hydrogens is 434 g/mol. The van der Waals surface area contributed by atoms with Gasteiger partial charge in [-0.25, -0.2) is 8.42 Å². The summed E-state index contributed by atoms with van der Waals surface area (Å²) < 4.78 is 28.8. The zero-order chi connectivity index (χ0) is 21.7. The Bertz CT molecular complexity index is 1130. The number of para-hydroxylation sites is 1. The van der Waals surface area contributed by atoms with Crippen LogP contribution in [0.25, 0.3) is 5.69 Å². The average Bonchev–Trinajstić information content (AvgIpc) is 3.28. The molecule has 1 N–H and O–H groups in total. The van der Waals surface area contributed by atoms with Crippen LogP contribution in [0, 0.1) is 0 Å². The lowest BCUT2D eigenvalue weighted by molar-refractivity contribution is -0.113. The van der Waals surface area contributed by atoms with Crippen LogP contribution in [0.4, 0.5) is 5.69 Å². The summed E-state index contributed by atoms with van der Waals surface area (Å²) in [5, 5.41) is 11.4. The van der Waals surface area contributed by atoms with Crippen molar-refractivity contribution in [3.8, 4) is 5.69 Å². The summed E-state index contributed by atoms with van der Waals surface area (Å²) in [7, 11) is -3.48. The van der Waals surface area contributed by atoms with Gasteiger partial charge < -0.3 is 5.32 Å². The molecule has 1 saturated heterocycles. The van der Waals surface area contributed by atoms with Crippen LogP contribution < -0.4 is 5.32 Å². The number of amides is 1. The normalized spacial score (nSPS) is 15.0. The second-order valence-corrected chi connectivity index (χ2v) is 10.0. The van der Waals surface area contributed by atoms with Crippen molar-refractivity contribution >= 4 is 33.4 Å². The zero-order valence-electron chi connectivity index (χ0n) is 16.8. The van der Waals surface area contributed by atoms with Gasteiger partial charge in [-0.1, -0.05) is 36.4 Å². The summed E-state index contributed by atoms with van der Waals surface area (Å²) in [6, 6.07) is 16.0. The van der Waals surface area contributed by atoms with Crippen molar-refractivity contribution in [2.45, 2.75) is 29.3 Å². The van der Waals surface area contributed by atoms with E-state index in [0.717, 1.165) is 24.9 Å². The Kier molecular flexibility index (Phi) is 6.69. The Balaban J connectivity index is 1.35. The van der Waals surface area contributed by atoms with Gasteiger partial charge in [0, 0.05) is 24.5 Å². The van der Waals surface area contributed by atoms with E-state index in [0.29, 0.717) is 23.9 Å². The maximum atomic E-state index is 12.7. The quantitative estimate of drug-likeness (QED) is 0.548. The van der Waals surface area contributed by atoms with E-state index in [9.17, 15) is 13.2 Å². The van der Waals surface area contributed by atoms with Crippen molar-refractivity contribution in [1.82, 2.24) is 19.1 Å². The molecule has 1 aliphatic rings. The number of nitrogens with one attached hydrogen (secondary N) is 1. The smallest absolute Gasteiger partial charge is 0.243 e. The highest BCUT2D eigenvalue weighted by Gasteiger charge is 2.25. The molecule has 3 aromatic rings. The number of carbonyl (C=O) groups is 1. The van der Waals surface area contributed by atoms with Crippen LogP contribution in [0.5, 0.6) is 0 Å². The lowest BCUT2D eigenvalue weighted by Gasteiger charge is -2.25. The average molecular weight is 458 g/mol. The molecule has 0 atom stereocenters. The Morgan fingerprint density at radius 2 is 1.71 bits per heavy atom. The minimum Gasteiger partial charge on any atom is -0.325 e. The van der Waals surface area contributed by atoms with E-state index in [1.54, 1.807) is 30.6 Å². The molecule has 4 rings (SSSR count). The third-order valence-electron chi connectivity index (χ3n) is 4.97. The second-order valence-electron chi connectivity index (χ2n) is 7.15. The molecule has 0 unspecified atom stereocenters. The number of anilines is 1. The Morgan fingerprint density at radius 1 is 1.00 bits per heavy atom. The van der Waals surface area contributed by atoms with Gasteiger partial charge in [-0.15, -0.1) is 10.2 Å². The minimum absolute atomic E-state index is 0.152. The Morgan fingerprint density at radius 3 is 2.42 bits per heavy atom. The first-order chi connectivity index (χ1) is 15.0. The van der Waals surface area contributed by atoms with Gasteiger partial charge in [0.2, 0.25) is 15.9 Å². The number of hydrogen-bond acceptors (Lipinski definition) is 6. The third kappa shape index (κ3) is 5.15. The molecule has 10 heteroatoms. The van der Waals surface area contributed by atoms with Gasteiger partial charge in [-0.3, -0.25) is 9.36 Å². The molecule has 2 heterocycles. The van der Waals surface area contributed by atoms with Crippen LogP contribution in [-0.4, -0.2) is 52.2 Å². The van der Waals surface area contributed by atoms with Gasteiger partial charge in [0.15, 0.2) is 5.16 Å². The molecule has 2 aromatic carbocycles. The van der Waals surface area contributed by atoms with E-state index < -0.39 is 10.0 Å². The Labute approximate surface area is 185 Å². The highest BCUT2D eigenvalue weighted by Crippen LogP contribution is 2.23. The minimum atomic E-state index is -3.48. The standard InChI is InChI=1S/C21H23N5O3S2/c27-20(15-30-21-24-22-16-26(21)18-7-3-1-4-8-18)23-17-9-11-19(12-10-17)31(28,29)25-13-5-2-6-14-25/h1,3-4,7-12,16H,2,5-6,13-15H2,(H,23,27). The van der Waals surface area contributed by atoms with Gasteiger partial charge in [0.05, 0.1) is 10.6 Å². The molecule has 1 aliphatic heterocycles. The first-order valence-electron chi connectivity index (χ1n) is 10.0. The van der Waals surface area contributed by atoms with Gasteiger partial charge in [-0.05, 0) is 49.2 Å². The number of sulfonamides is 1. The first-order valence-corrected chi connectivity index (χ1v) is 12.4. The molecular formula is C21H23N5O3S2. The number of nitrogens with zero attached hydrogens (tertiary/aromatic N) is 4. The number of carbonyl (C=O) groups excluding carboxylic acids is 1. The number of piperidine rings is 1. The van der Waals surface area contributed by atoms with Gasteiger partial charge >= 0.3 is 0 Å². The zero-order valence-corrected chi connectivity index (χ0v) is 18.5. The summed E-state index contributed by atoms with van der Waals surface area (Å²) in [6.45, 7) is 1.12. The van der Waals surface area contributed by atoms with E-state index in [1.165, 1.54) is 16.1 Å². The van der Waals surface area contributed by atoms with Crippen LogP contribution in [-0.2, 0) is 14.8 Å². The summed E-state index contributed by atoms with van der Waals surface area (Å²) in [4.78, 5) is 12.6. The van der Waals surface area contributed by atoms with Gasteiger partial charge in [0.25, 0.3) is 0 Å². The van der Waals surface area contributed by atoms with Crippen molar-refractivity contribution in [2.75, 3.05) is 24.2 Å².